The smallest absolute Gasteiger partial charge is 0.481 e. The maximum atomic E-state index is 12.7. The summed E-state index contributed by atoms with van der Waals surface area (Å²) in [5, 5.41) is 31.8. The van der Waals surface area contributed by atoms with Gasteiger partial charge in [-0.15, -0.1) is 0 Å². The van der Waals surface area contributed by atoms with E-state index in [2.05, 4.69) is 59.1 Å². The van der Waals surface area contributed by atoms with E-state index in [0.29, 0.717) is 0 Å². The molecule has 35 heteroatoms. The maximum Gasteiger partial charge on any atom is 0.481 e. The van der Waals surface area contributed by atoms with Crippen molar-refractivity contribution in [1.82, 2.24) is 34.1 Å². The summed E-state index contributed by atoms with van der Waals surface area (Å²) >= 11 is 4.36. The molecule has 30 nitrogen and oxygen atoms in total. The highest BCUT2D eigenvalue weighted by molar-refractivity contribution is 8.36. The topological polar surface area (TPSA) is 458 Å². The quantitative estimate of drug-likeness (QED) is 0.0301. The van der Waals surface area contributed by atoms with Gasteiger partial charge in [-0.2, -0.15) is 28.7 Å². The lowest BCUT2D eigenvalue weighted by molar-refractivity contribution is -0.746. The largest absolute Gasteiger partial charge is 0.642 e. The van der Waals surface area contributed by atoms with E-state index in [4.69, 9.17) is 25.7 Å². The van der Waals surface area contributed by atoms with E-state index in [1.54, 1.807) is 0 Å². The van der Waals surface area contributed by atoms with Gasteiger partial charge in [0.15, 0.2) is 23.7 Å². The van der Waals surface area contributed by atoms with Crippen LogP contribution in [0, 0.1) is 0 Å². The minimum absolute atomic E-state index is 0.00245. The van der Waals surface area contributed by atoms with Gasteiger partial charge in [0, 0.05) is 11.4 Å². The first-order valence-corrected chi connectivity index (χ1v) is 22.5. The fourth-order valence-corrected chi connectivity index (χ4v) is 12.2. The summed E-state index contributed by atoms with van der Waals surface area (Å²) in [5.41, 5.74) is 9.54. The van der Waals surface area contributed by atoms with Gasteiger partial charge in [0.1, 0.15) is 49.8 Å². The van der Waals surface area contributed by atoms with Crippen molar-refractivity contribution in [3.05, 3.63) is 33.4 Å². The third-order valence-corrected chi connectivity index (χ3v) is 15.2. The van der Waals surface area contributed by atoms with Crippen LogP contribution >= 0.6 is 31.7 Å². The van der Waals surface area contributed by atoms with E-state index >= 15 is 0 Å². The molecule has 12 atom stereocenters. The summed E-state index contributed by atoms with van der Waals surface area (Å²) in [5.74, 6) is -0.573. The fraction of sp³-hybridized carbons (Fsp3) is 0.545. The number of aliphatic hydroxyl groups excluding tert-OH is 3. The number of imidazole rings is 2. The lowest BCUT2D eigenvalue weighted by Gasteiger charge is -2.34. The van der Waals surface area contributed by atoms with Gasteiger partial charge in [-0.25, -0.2) is 9.55 Å². The molecular formula is C22H32N10O20P4S. The van der Waals surface area contributed by atoms with Crippen LogP contribution in [0.2, 0.25) is 0 Å². The Labute approximate surface area is 323 Å². The van der Waals surface area contributed by atoms with E-state index in [1.165, 1.54) is 29.6 Å². The summed E-state index contributed by atoms with van der Waals surface area (Å²) in [6, 6.07) is 0. The first-order chi connectivity index (χ1) is 26.4. The molecule has 12 N–H and O–H groups in total. The first kappa shape index (κ1) is 44.2. The average Bonchev–Trinajstić information content (AvgIpc) is 3.80. The number of hydrogen-bond acceptors (Lipinski definition) is 26. The average molecular weight is 913 g/mol. The lowest BCUT2D eigenvalue weighted by atomic mass is 10.1. The number of nitrogens with zero attached hydrogens (tertiary/aromatic N) is 6. The zero-order chi connectivity index (χ0) is 42.0. The van der Waals surface area contributed by atoms with Gasteiger partial charge in [-0.3, -0.25) is 28.7 Å². The van der Waals surface area contributed by atoms with Crippen LogP contribution in [0.3, 0.4) is 0 Å². The predicted octanol–water partition coefficient (Wildman–Crippen LogP) is -7.50. The molecule has 6 heterocycles. The van der Waals surface area contributed by atoms with Crippen molar-refractivity contribution in [1.29, 1.82) is 0 Å². The molecule has 0 aliphatic carbocycles. The number of aromatic nitrogens is 8. The summed E-state index contributed by atoms with van der Waals surface area (Å²) in [6.07, 6.45) is -9.99. The van der Waals surface area contributed by atoms with Gasteiger partial charge in [-0.05, 0) is 8.62 Å². The molecule has 316 valence electrons. The Morgan fingerprint density at radius 1 is 0.895 bits per heavy atom. The molecular weight excluding hydrogens is 880 g/mol. The second kappa shape index (κ2) is 16.3. The minimum atomic E-state index is -6.08. The van der Waals surface area contributed by atoms with E-state index in [9.17, 15) is 59.2 Å². The van der Waals surface area contributed by atoms with Gasteiger partial charge in [0.2, 0.25) is 24.8 Å². The summed E-state index contributed by atoms with van der Waals surface area (Å²) in [7, 11) is -20.5. The number of nitrogens with two attached hydrogens (primary N) is 2. The Hall–Kier alpha value is -2.35. The third-order valence-electron chi connectivity index (χ3n) is 8.13. The van der Waals surface area contributed by atoms with Gasteiger partial charge in [0.25, 0.3) is 17.1 Å². The van der Waals surface area contributed by atoms with Crippen molar-refractivity contribution in [3.8, 4) is 0 Å². The number of H-pyrrole nitrogens is 2. The number of nitrogen functional groups attached to an aromatic ring is 2. The van der Waals surface area contributed by atoms with Crippen LogP contribution in [0.15, 0.2) is 22.2 Å². The molecule has 0 saturated carbocycles. The monoisotopic (exact) mass is 912 g/mol. The lowest BCUT2D eigenvalue weighted by Crippen LogP contribution is -2.47. The second-order valence-corrected chi connectivity index (χ2v) is 19.5. The number of rotatable bonds is 15. The number of anilines is 2. The predicted molar refractivity (Wildman–Crippen MR) is 182 cm³/mol. The SMILES string of the molecule is CO[C@@H]1[C@H](O)[C@@H](CO[P+]([O-])(O)O[P+]([O-])(O)O[P+]([O-])([S-])O[P+]([O-])(O)OC[C@H]2O[C@@H](n3cnc4c(=O)[nH]c(N)nc43)[C@H](O)[C@@H]2O)O[C@H]1[n+]1cn(C)c2c(=O)[nH]c(N)nc21. The number of hydrogen-bond donors (Lipinski definition) is 10. The van der Waals surface area contributed by atoms with E-state index in [-0.39, 0.29) is 34.2 Å². The highest BCUT2D eigenvalue weighted by Crippen LogP contribution is 2.77. The summed E-state index contributed by atoms with van der Waals surface area (Å²) in [4.78, 5) is 121. The molecule has 2 aliphatic heterocycles. The summed E-state index contributed by atoms with van der Waals surface area (Å²) in [6.45, 7) is -2.14. The number of nitrogens with one attached hydrogen (secondary N) is 2. The Balaban J connectivity index is 1.03. The highest BCUT2D eigenvalue weighted by atomic mass is 32.7. The van der Waals surface area contributed by atoms with Crippen LogP contribution in [0.5, 0.6) is 0 Å². The van der Waals surface area contributed by atoms with Gasteiger partial charge in [0.05, 0.1) is 13.4 Å². The number of ether oxygens (including phenoxy) is 3. The molecule has 0 radical (unpaired) electrons. The zero-order valence-corrected chi connectivity index (χ0v) is 33.0. The number of phosphoric acid groups is 3. The van der Waals surface area contributed by atoms with Crippen molar-refractivity contribution in [2.24, 2.45) is 7.05 Å². The van der Waals surface area contributed by atoms with Crippen LogP contribution in [0.4, 0.5) is 11.9 Å². The Kier molecular flexibility index (Phi) is 12.6. The van der Waals surface area contributed by atoms with Crippen LogP contribution < -0.4 is 46.7 Å². The molecule has 57 heavy (non-hydrogen) atoms. The maximum absolute atomic E-state index is 12.7. The normalized spacial score (nSPS) is 29.7. The van der Waals surface area contributed by atoms with E-state index < -0.39 is 105 Å². The van der Waals surface area contributed by atoms with E-state index in [1.807, 2.05) is 0 Å². The number of aromatic amines is 2. The molecule has 0 spiro atoms. The molecule has 2 aliphatic rings. The summed E-state index contributed by atoms with van der Waals surface area (Å²) < 4.78 is 41.8. The zero-order valence-electron chi connectivity index (χ0n) is 28.6. The molecule has 4 aromatic rings. The molecule has 0 bridgehead atoms. The molecule has 0 amide bonds. The Morgan fingerprint density at radius 2 is 1.47 bits per heavy atom. The highest BCUT2D eigenvalue weighted by Gasteiger charge is 2.56. The van der Waals surface area contributed by atoms with Gasteiger partial charge < -0.3 is 72.8 Å². The van der Waals surface area contributed by atoms with Crippen LogP contribution in [0.25, 0.3) is 22.3 Å². The van der Waals surface area contributed by atoms with Crippen molar-refractivity contribution in [2.75, 3.05) is 31.8 Å². The Bertz CT molecular complexity index is 2230. The molecule has 4 aromatic heterocycles. The Morgan fingerprint density at radius 3 is 2.12 bits per heavy atom. The van der Waals surface area contributed by atoms with Crippen LogP contribution in [-0.4, -0.2) is 121 Å². The van der Waals surface area contributed by atoms with Gasteiger partial charge in [-0.1, -0.05) is 4.98 Å². The van der Waals surface area contributed by atoms with Crippen molar-refractivity contribution in [3.63, 3.8) is 0 Å². The molecule has 0 aromatic carbocycles. The van der Waals surface area contributed by atoms with Crippen molar-refractivity contribution in [2.45, 2.75) is 49.1 Å². The second-order valence-electron chi connectivity index (χ2n) is 12.0. The third kappa shape index (κ3) is 9.51. The fourth-order valence-electron chi connectivity index (χ4n) is 5.81. The van der Waals surface area contributed by atoms with Gasteiger partial charge >= 0.3 is 30.2 Å². The van der Waals surface area contributed by atoms with Crippen LogP contribution in [-0.2, 0) is 55.5 Å². The molecule has 2 fully saturated rings. The number of aliphatic hydroxyl groups is 3. The standard InChI is InChI=1S/C22H32N10O20P4S/c1-30-6-32(16-10(30)18(37)29-22(24)27-16)20-14(45-2)12(34)8(49-20)4-46-53(38,39)50-55(42,43)52-56(44,57)51-54(40,41)47-3-7-11(33)13(35)19(48-7)31-5-25-9-15(31)26-21(23)28-17(9)36/h5-8,11-14,19-20,33-35H,3-4H2,1-2H3,(H9-,23,24,26,27,28,29,36,37,38,39,40,41,42,43,44,57)/t7-,8-,11-,12-,13-,14-,19-,20-,56?/m1/s1. The molecule has 2 saturated heterocycles. The number of fused-ring (bicyclic) bond motifs is 2. The van der Waals surface area contributed by atoms with E-state index in [0.717, 1.165) is 10.9 Å². The molecule has 4 unspecified atom stereocenters. The number of phosphoric ester groups is 2. The number of aryl methyl sites for hydroxylation is 1. The van der Waals surface area contributed by atoms with Crippen LogP contribution in [0.1, 0.15) is 12.5 Å². The first-order valence-electron chi connectivity index (χ1n) is 15.5. The van der Waals surface area contributed by atoms with Crippen molar-refractivity contribution >= 4 is 78.1 Å². The minimum Gasteiger partial charge on any atom is -0.642 e. The molecule has 6 rings (SSSR count). The number of methoxy groups -OCH3 is 1. The van der Waals surface area contributed by atoms with Crippen molar-refractivity contribution < 1.29 is 90.3 Å².